The van der Waals surface area contributed by atoms with Gasteiger partial charge in [-0.05, 0) is 31.8 Å². The molecule has 0 spiro atoms. The number of amidine groups is 1. The minimum absolute atomic E-state index is 0.0329. The Bertz CT molecular complexity index is 492. The molecular formula is C14H24N6O. The normalized spacial score (nSPS) is 21.6. The molecule has 1 aromatic rings. The summed E-state index contributed by atoms with van der Waals surface area (Å²) in [6.45, 7) is 4.98. The van der Waals surface area contributed by atoms with E-state index in [9.17, 15) is 0 Å². The lowest BCUT2D eigenvalue weighted by Gasteiger charge is -2.37. The van der Waals surface area contributed by atoms with Crippen LogP contribution in [0.5, 0.6) is 0 Å². The van der Waals surface area contributed by atoms with Crippen LogP contribution in [0.25, 0.3) is 0 Å². The number of nitrogens with one attached hydrogen (secondary N) is 1. The Morgan fingerprint density at radius 2 is 2.33 bits per heavy atom. The Hall–Kier alpha value is -1.70. The van der Waals surface area contributed by atoms with Gasteiger partial charge < -0.3 is 21.2 Å². The summed E-state index contributed by atoms with van der Waals surface area (Å²) in [6.07, 6.45) is 1.67. The van der Waals surface area contributed by atoms with E-state index in [1.807, 2.05) is 12.1 Å². The van der Waals surface area contributed by atoms with Crippen molar-refractivity contribution in [3.8, 4) is 0 Å². The SMILES string of the molecule is CN1CCN(C)C(CNCc2ccnc(C(N)=NO)c2)C1. The lowest BCUT2D eigenvalue weighted by atomic mass is 10.1. The van der Waals surface area contributed by atoms with Gasteiger partial charge in [0.05, 0.1) is 0 Å². The zero-order chi connectivity index (χ0) is 15.2. The van der Waals surface area contributed by atoms with Crippen LogP contribution >= 0.6 is 0 Å². The van der Waals surface area contributed by atoms with E-state index in [1.165, 1.54) is 0 Å². The highest BCUT2D eigenvalue weighted by Gasteiger charge is 2.21. The van der Waals surface area contributed by atoms with Crippen LogP contribution in [-0.2, 0) is 6.54 Å². The second-order valence-electron chi connectivity index (χ2n) is 5.56. The highest BCUT2D eigenvalue weighted by molar-refractivity contribution is 5.95. The molecule has 0 bridgehead atoms. The molecule has 0 radical (unpaired) electrons. The lowest BCUT2D eigenvalue weighted by Crippen LogP contribution is -2.53. The summed E-state index contributed by atoms with van der Waals surface area (Å²) in [4.78, 5) is 8.82. The molecule has 7 nitrogen and oxygen atoms in total. The van der Waals surface area contributed by atoms with Crippen LogP contribution in [0.15, 0.2) is 23.5 Å². The van der Waals surface area contributed by atoms with Crippen molar-refractivity contribution in [3.63, 3.8) is 0 Å². The third kappa shape index (κ3) is 4.38. The molecule has 2 rings (SSSR count). The van der Waals surface area contributed by atoms with Gasteiger partial charge in [-0.1, -0.05) is 5.16 Å². The van der Waals surface area contributed by atoms with E-state index in [2.05, 4.69) is 39.4 Å². The molecule has 2 heterocycles. The predicted molar refractivity (Wildman–Crippen MR) is 82.4 cm³/mol. The standard InChI is InChI=1S/C14H24N6O/c1-19-5-6-20(2)12(10-19)9-16-8-11-3-4-17-13(7-11)14(15)18-21/h3-4,7,12,16,21H,5-6,8-10H2,1-2H3,(H2,15,18). The first-order valence-corrected chi connectivity index (χ1v) is 7.12. The molecule has 1 unspecified atom stereocenters. The second-order valence-corrected chi connectivity index (χ2v) is 5.56. The summed E-state index contributed by atoms with van der Waals surface area (Å²) in [6, 6.07) is 4.28. The van der Waals surface area contributed by atoms with Gasteiger partial charge >= 0.3 is 0 Å². The number of hydrogen-bond acceptors (Lipinski definition) is 6. The van der Waals surface area contributed by atoms with Crippen LogP contribution in [0.3, 0.4) is 0 Å². The molecule has 1 aliphatic heterocycles. The van der Waals surface area contributed by atoms with Gasteiger partial charge in [-0.2, -0.15) is 0 Å². The van der Waals surface area contributed by atoms with Gasteiger partial charge in [-0.25, -0.2) is 0 Å². The third-order valence-corrected chi connectivity index (χ3v) is 3.88. The molecule has 1 saturated heterocycles. The van der Waals surface area contributed by atoms with Crippen LogP contribution in [-0.4, -0.2) is 72.1 Å². The molecule has 7 heteroatoms. The van der Waals surface area contributed by atoms with Crippen molar-refractivity contribution >= 4 is 5.84 Å². The highest BCUT2D eigenvalue weighted by Crippen LogP contribution is 2.06. The van der Waals surface area contributed by atoms with Crippen LogP contribution in [0.1, 0.15) is 11.3 Å². The molecule has 1 fully saturated rings. The van der Waals surface area contributed by atoms with E-state index in [0.717, 1.165) is 38.3 Å². The van der Waals surface area contributed by atoms with Crippen LogP contribution in [0, 0.1) is 0 Å². The Morgan fingerprint density at radius 3 is 3.10 bits per heavy atom. The first kappa shape index (κ1) is 15.7. The first-order chi connectivity index (χ1) is 10.1. The zero-order valence-corrected chi connectivity index (χ0v) is 12.7. The molecule has 116 valence electrons. The Kier molecular flexibility index (Phi) is 5.49. The Morgan fingerprint density at radius 1 is 1.52 bits per heavy atom. The number of nitrogens with two attached hydrogens (primary N) is 1. The number of piperazine rings is 1. The zero-order valence-electron chi connectivity index (χ0n) is 12.7. The number of aromatic nitrogens is 1. The molecule has 21 heavy (non-hydrogen) atoms. The lowest BCUT2D eigenvalue weighted by molar-refractivity contribution is 0.113. The third-order valence-electron chi connectivity index (χ3n) is 3.88. The molecule has 1 aliphatic rings. The maximum absolute atomic E-state index is 8.68. The van der Waals surface area contributed by atoms with Gasteiger partial charge in [-0.3, -0.25) is 9.88 Å². The smallest absolute Gasteiger partial charge is 0.188 e. The number of nitrogens with zero attached hydrogens (tertiary/aromatic N) is 4. The molecule has 4 N–H and O–H groups in total. The fourth-order valence-corrected chi connectivity index (χ4v) is 2.48. The highest BCUT2D eigenvalue weighted by atomic mass is 16.4. The topological polar surface area (TPSA) is 90.0 Å². The number of likely N-dealkylation sites (N-methyl/N-ethyl adjacent to an activating group) is 2. The van der Waals surface area contributed by atoms with Crippen molar-refractivity contribution in [2.75, 3.05) is 40.3 Å². The molecular weight excluding hydrogens is 268 g/mol. The van der Waals surface area contributed by atoms with E-state index in [-0.39, 0.29) is 5.84 Å². The van der Waals surface area contributed by atoms with Gasteiger partial charge in [0.2, 0.25) is 0 Å². The summed E-state index contributed by atoms with van der Waals surface area (Å²) in [7, 11) is 4.33. The fourth-order valence-electron chi connectivity index (χ4n) is 2.48. The maximum Gasteiger partial charge on any atom is 0.188 e. The second kappa shape index (κ2) is 7.35. The predicted octanol–water partition coefficient (Wildman–Crippen LogP) is -0.488. The van der Waals surface area contributed by atoms with Crippen molar-refractivity contribution in [1.82, 2.24) is 20.1 Å². The summed E-state index contributed by atoms with van der Waals surface area (Å²) >= 11 is 0. The van der Waals surface area contributed by atoms with Crippen molar-refractivity contribution in [2.24, 2.45) is 10.9 Å². The average Bonchev–Trinajstić information content (AvgIpc) is 2.50. The number of rotatable bonds is 5. The minimum Gasteiger partial charge on any atom is -0.409 e. The number of oxime groups is 1. The van der Waals surface area contributed by atoms with Crippen molar-refractivity contribution < 1.29 is 5.21 Å². The number of pyridine rings is 1. The van der Waals surface area contributed by atoms with E-state index in [0.29, 0.717) is 11.7 Å². The van der Waals surface area contributed by atoms with Crippen LogP contribution in [0.4, 0.5) is 0 Å². The minimum atomic E-state index is 0.0329. The van der Waals surface area contributed by atoms with Crippen LogP contribution in [0.2, 0.25) is 0 Å². The summed E-state index contributed by atoms with van der Waals surface area (Å²) < 4.78 is 0. The molecule has 1 aromatic heterocycles. The molecule has 0 aliphatic carbocycles. The van der Waals surface area contributed by atoms with E-state index < -0.39 is 0 Å². The van der Waals surface area contributed by atoms with Crippen molar-refractivity contribution in [1.29, 1.82) is 0 Å². The van der Waals surface area contributed by atoms with E-state index in [1.54, 1.807) is 6.20 Å². The van der Waals surface area contributed by atoms with Gasteiger partial charge in [0, 0.05) is 45.0 Å². The Labute approximate surface area is 125 Å². The Balaban J connectivity index is 1.86. The van der Waals surface area contributed by atoms with E-state index >= 15 is 0 Å². The quantitative estimate of drug-likeness (QED) is 0.294. The average molecular weight is 292 g/mol. The monoisotopic (exact) mass is 292 g/mol. The van der Waals surface area contributed by atoms with Gasteiger partial charge in [-0.15, -0.1) is 0 Å². The van der Waals surface area contributed by atoms with Gasteiger partial charge in [0.15, 0.2) is 5.84 Å². The van der Waals surface area contributed by atoms with Gasteiger partial charge in [0.25, 0.3) is 0 Å². The van der Waals surface area contributed by atoms with E-state index in [4.69, 9.17) is 10.9 Å². The van der Waals surface area contributed by atoms with Crippen molar-refractivity contribution in [2.45, 2.75) is 12.6 Å². The van der Waals surface area contributed by atoms with Crippen molar-refractivity contribution in [3.05, 3.63) is 29.6 Å². The summed E-state index contributed by atoms with van der Waals surface area (Å²) in [5.41, 5.74) is 7.11. The molecule has 0 amide bonds. The summed E-state index contributed by atoms with van der Waals surface area (Å²) in [5, 5.41) is 15.1. The molecule has 0 aromatic carbocycles. The number of hydrogen-bond donors (Lipinski definition) is 3. The largest absolute Gasteiger partial charge is 0.409 e. The fraction of sp³-hybridized carbons (Fsp3) is 0.571. The molecule has 0 saturated carbocycles. The maximum atomic E-state index is 8.68. The summed E-state index contributed by atoms with van der Waals surface area (Å²) in [5.74, 6) is 0.0329. The molecule has 1 atom stereocenters. The van der Waals surface area contributed by atoms with Crippen LogP contribution < -0.4 is 11.1 Å². The first-order valence-electron chi connectivity index (χ1n) is 7.12. The van der Waals surface area contributed by atoms with Gasteiger partial charge in [0.1, 0.15) is 5.69 Å².